The zero-order valence-corrected chi connectivity index (χ0v) is 20.2. The highest BCUT2D eigenvalue weighted by Crippen LogP contribution is 2.32. The zero-order valence-electron chi connectivity index (χ0n) is 20.2. The molecule has 2 aliphatic rings. The summed E-state index contributed by atoms with van der Waals surface area (Å²) in [5.74, 6) is -2.12. The third-order valence-electron chi connectivity index (χ3n) is 7.32. The maximum atomic E-state index is 14.2. The monoisotopic (exact) mass is 528 g/mol. The average Bonchev–Trinajstić information content (AvgIpc) is 3.53. The summed E-state index contributed by atoms with van der Waals surface area (Å²) >= 11 is 0. The van der Waals surface area contributed by atoms with Crippen LogP contribution in [0.25, 0.3) is 22.3 Å². The van der Waals surface area contributed by atoms with Gasteiger partial charge in [-0.05, 0) is 43.2 Å². The van der Waals surface area contributed by atoms with Crippen LogP contribution in [-0.2, 0) is 0 Å². The van der Waals surface area contributed by atoms with Crippen molar-refractivity contribution in [2.45, 2.75) is 31.3 Å². The quantitative estimate of drug-likeness (QED) is 0.383. The topological polar surface area (TPSA) is 79.3 Å². The van der Waals surface area contributed by atoms with E-state index in [0.717, 1.165) is 53.6 Å². The number of carbonyl (C=O) groups is 1. The third-order valence-corrected chi connectivity index (χ3v) is 7.32. The van der Waals surface area contributed by atoms with Crippen molar-refractivity contribution in [3.63, 3.8) is 0 Å². The molecule has 0 atom stereocenters. The Morgan fingerprint density at radius 2 is 1.84 bits per heavy atom. The van der Waals surface area contributed by atoms with Crippen LogP contribution < -0.4 is 4.74 Å². The highest BCUT2D eigenvalue weighted by molar-refractivity contribution is 5.95. The van der Waals surface area contributed by atoms with Crippen molar-refractivity contribution in [1.82, 2.24) is 29.3 Å². The molecular weight excluding hydrogens is 504 g/mol. The Hall–Kier alpha value is -3.93. The molecular formula is C26H24F4N6O2. The summed E-state index contributed by atoms with van der Waals surface area (Å²) in [4.78, 5) is 28.5. The lowest BCUT2D eigenvalue weighted by Crippen LogP contribution is -2.56. The van der Waals surface area contributed by atoms with Gasteiger partial charge in [-0.15, -0.1) is 13.2 Å². The number of nitrogens with one attached hydrogen (secondary N) is 1. The van der Waals surface area contributed by atoms with Crippen molar-refractivity contribution in [3.8, 4) is 17.0 Å². The number of carbonyl (C=O) groups excluding carboxylic acids is 1. The van der Waals surface area contributed by atoms with Gasteiger partial charge < -0.3 is 19.2 Å². The van der Waals surface area contributed by atoms with Crippen LogP contribution in [0, 0.1) is 5.82 Å². The second-order valence-electron chi connectivity index (χ2n) is 9.63. The van der Waals surface area contributed by atoms with E-state index in [1.54, 1.807) is 6.33 Å². The molecule has 6 rings (SSSR count). The van der Waals surface area contributed by atoms with Crippen molar-refractivity contribution in [3.05, 3.63) is 66.6 Å². The molecule has 1 aromatic carbocycles. The fourth-order valence-electron chi connectivity index (χ4n) is 5.33. The second-order valence-corrected chi connectivity index (χ2v) is 9.63. The standard InChI is InChI=1S/C26H24F4N6O2/c27-22-2-1-19(38-26(28,29)30)11-21(22)25(37)34-9-5-17(6-10-34)36-13-18(14-36)35-8-4-16(12-35)23-20-3-7-31-24(20)33-15-32-23/h1-4,7-8,11-12,15,17-18H,5-6,9-10,13-14H2,(H,31,32,33). The van der Waals surface area contributed by atoms with Crippen LogP contribution in [0.5, 0.6) is 5.75 Å². The van der Waals surface area contributed by atoms with Crippen molar-refractivity contribution in [2.24, 2.45) is 0 Å². The van der Waals surface area contributed by atoms with Gasteiger partial charge in [0.2, 0.25) is 0 Å². The van der Waals surface area contributed by atoms with E-state index in [4.69, 9.17) is 0 Å². The number of aromatic nitrogens is 4. The number of likely N-dealkylation sites (tertiary alicyclic amines) is 2. The first-order valence-electron chi connectivity index (χ1n) is 12.3. The van der Waals surface area contributed by atoms with Crippen LogP contribution in [0.3, 0.4) is 0 Å². The lowest BCUT2D eigenvalue weighted by atomic mass is 9.97. The smallest absolute Gasteiger partial charge is 0.406 e. The second kappa shape index (κ2) is 9.43. The largest absolute Gasteiger partial charge is 0.573 e. The van der Waals surface area contributed by atoms with Crippen molar-refractivity contribution >= 4 is 16.9 Å². The molecule has 0 bridgehead atoms. The van der Waals surface area contributed by atoms with E-state index in [9.17, 15) is 22.4 Å². The highest BCUT2D eigenvalue weighted by Gasteiger charge is 2.36. The molecule has 1 N–H and O–H groups in total. The molecule has 4 aromatic rings. The van der Waals surface area contributed by atoms with Crippen molar-refractivity contribution < 1.29 is 27.1 Å². The Kier molecular flexibility index (Phi) is 6.05. The molecule has 12 heteroatoms. The number of halogens is 4. The Balaban J connectivity index is 1.04. The molecule has 0 aliphatic carbocycles. The maximum Gasteiger partial charge on any atom is 0.573 e. The Morgan fingerprint density at radius 3 is 2.61 bits per heavy atom. The molecule has 0 spiro atoms. The van der Waals surface area contributed by atoms with E-state index in [0.29, 0.717) is 32.0 Å². The van der Waals surface area contributed by atoms with Gasteiger partial charge in [0, 0.05) is 61.8 Å². The van der Waals surface area contributed by atoms with Crippen LogP contribution in [0.1, 0.15) is 29.2 Å². The normalized spacial score (nSPS) is 17.6. The summed E-state index contributed by atoms with van der Waals surface area (Å²) in [6.45, 7) is 2.56. The van der Waals surface area contributed by atoms with Gasteiger partial charge in [0.25, 0.3) is 5.91 Å². The SMILES string of the molecule is O=C(c1cc(OC(F)(F)F)ccc1F)N1CCC(N2CC(n3ccc(-c4ncnc5[nH]ccc45)c3)C2)CC1. The van der Waals surface area contributed by atoms with Gasteiger partial charge >= 0.3 is 6.36 Å². The van der Waals surface area contributed by atoms with E-state index in [1.807, 2.05) is 12.3 Å². The number of hydrogen-bond acceptors (Lipinski definition) is 5. The Morgan fingerprint density at radius 1 is 1.05 bits per heavy atom. The summed E-state index contributed by atoms with van der Waals surface area (Å²) in [6, 6.07) is 7.12. The lowest BCUT2D eigenvalue weighted by molar-refractivity contribution is -0.274. The van der Waals surface area contributed by atoms with Gasteiger partial charge in [-0.1, -0.05) is 0 Å². The predicted molar refractivity (Wildman–Crippen MR) is 130 cm³/mol. The number of alkyl halides is 3. The minimum absolute atomic E-state index is 0.288. The van der Waals surface area contributed by atoms with Crippen LogP contribution in [0.15, 0.2) is 55.2 Å². The number of amides is 1. The van der Waals surface area contributed by atoms with E-state index < -0.39 is 29.4 Å². The molecule has 0 saturated carbocycles. The van der Waals surface area contributed by atoms with Crippen molar-refractivity contribution in [1.29, 1.82) is 0 Å². The van der Waals surface area contributed by atoms with E-state index >= 15 is 0 Å². The molecule has 1 amide bonds. The van der Waals surface area contributed by atoms with Gasteiger partial charge in [-0.25, -0.2) is 14.4 Å². The van der Waals surface area contributed by atoms with Crippen LogP contribution in [-0.4, -0.2) is 73.8 Å². The van der Waals surface area contributed by atoms with Gasteiger partial charge in [0.15, 0.2) is 0 Å². The number of piperidine rings is 1. The molecule has 8 nitrogen and oxygen atoms in total. The molecule has 0 radical (unpaired) electrons. The molecule has 2 aliphatic heterocycles. The summed E-state index contributed by atoms with van der Waals surface area (Å²) < 4.78 is 57.9. The van der Waals surface area contributed by atoms with Gasteiger partial charge in [0.05, 0.1) is 17.3 Å². The van der Waals surface area contributed by atoms with Gasteiger partial charge in [-0.2, -0.15) is 0 Å². The Bertz CT molecular complexity index is 1470. The first kappa shape index (κ1) is 24.4. The number of hydrogen-bond donors (Lipinski definition) is 1. The average molecular weight is 529 g/mol. The molecule has 2 saturated heterocycles. The van der Waals surface area contributed by atoms with Crippen LogP contribution in [0.2, 0.25) is 0 Å². The van der Waals surface area contributed by atoms with Gasteiger partial charge in [0.1, 0.15) is 23.5 Å². The fraction of sp³-hybridized carbons (Fsp3) is 0.346. The third kappa shape index (κ3) is 4.71. The number of rotatable bonds is 5. The molecule has 198 valence electrons. The molecule has 0 unspecified atom stereocenters. The molecule has 3 aromatic heterocycles. The fourth-order valence-corrected chi connectivity index (χ4v) is 5.33. The van der Waals surface area contributed by atoms with E-state index in [1.165, 1.54) is 4.90 Å². The first-order valence-corrected chi connectivity index (χ1v) is 12.3. The predicted octanol–water partition coefficient (Wildman–Crippen LogP) is 4.63. The summed E-state index contributed by atoms with van der Waals surface area (Å²) in [7, 11) is 0. The van der Waals surface area contributed by atoms with E-state index in [2.05, 4.69) is 47.6 Å². The highest BCUT2D eigenvalue weighted by atomic mass is 19.4. The van der Waals surface area contributed by atoms with Crippen molar-refractivity contribution in [2.75, 3.05) is 26.2 Å². The first-order chi connectivity index (χ1) is 18.2. The minimum atomic E-state index is -4.92. The summed E-state index contributed by atoms with van der Waals surface area (Å²) in [6.07, 6.45) is 4.06. The number of benzene rings is 1. The summed E-state index contributed by atoms with van der Waals surface area (Å²) in [5, 5.41) is 0.973. The number of fused-ring (bicyclic) bond motifs is 1. The van der Waals surface area contributed by atoms with Crippen LogP contribution in [0.4, 0.5) is 17.6 Å². The minimum Gasteiger partial charge on any atom is -0.406 e. The molecule has 5 heterocycles. The lowest BCUT2D eigenvalue weighted by Gasteiger charge is -2.47. The number of aromatic amines is 1. The zero-order chi connectivity index (χ0) is 26.4. The number of H-pyrrole nitrogens is 1. The summed E-state index contributed by atoms with van der Waals surface area (Å²) in [5.41, 5.74) is 2.29. The number of nitrogens with zero attached hydrogens (tertiary/aromatic N) is 5. The van der Waals surface area contributed by atoms with Crippen LogP contribution >= 0.6 is 0 Å². The van der Waals surface area contributed by atoms with E-state index in [-0.39, 0.29) is 6.04 Å². The molecule has 2 fully saturated rings. The molecule has 38 heavy (non-hydrogen) atoms. The Labute approximate surface area is 214 Å². The maximum absolute atomic E-state index is 14.2. The number of ether oxygens (including phenoxy) is 1. The van der Waals surface area contributed by atoms with Gasteiger partial charge in [-0.3, -0.25) is 9.69 Å².